The van der Waals surface area contributed by atoms with Gasteiger partial charge in [0.1, 0.15) is 21.7 Å². The van der Waals surface area contributed by atoms with Crippen LogP contribution in [0.25, 0.3) is 22.3 Å². The topological polar surface area (TPSA) is 206 Å². The summed E-state index contributed by atoms with van der Waals surface area (Å²) in [4.78, 5) is 20.2. The van der Waals surface area contributed by atoms with E-state index in [-0.39, 0.29) is 40.9 Å². The molecule has 0 atom stereocenters. The van der Waals surface area contributed by atoms with Gasteiger partial charge in [0.05, 0.1) is 33.6 Å². The summed E-state index contributed by atoms with van der Waals surface area (Å²) < 4.78 is 53.0. The first-order valence-corrected chi connectivity index (χ1v) is 16.0. The van der Waals surface area contributed by atoms with Gasteiger partial charge in [0.2, 0.25) is 4.91 Å². The van der Waals surface area contributed by atoms with Gasteiger partial charge < -0.3 is 5.73 Å². The van der Waals surface area contributed by atoms with Crippen LogP contribution in [-0.2, 0) is 33.1 Å². The molecule has 2 aromatic carbocycles. The largest absolute Gasteiger partial charge is 0.325 e. The number of benzene rings is 2. The van der Waals surface area contributed by atoms with Crippen molar-refractivity contribution in [3.63, 3.8) is 0 Å². The molecule has 0 unspecified atom stereocenters. The first kappa shape index (κ1) is 33.0. The molecule has 4 aromatic heterocycles. The van der Waals surface area contributed by atoms with E-state index >= 15 is 0 Å². The Kier molecular flexibility index (Phi) is 9.85. The van der Waals surface area contributed by atoms with Crippen LogP contribution in [0.1, 0.15) is 22.5 Å². The van der Waals surface area contributed by atoms with E-state index in [4.69, 9.17) is 11.3 Å². The average Bonchev–Trinajstić information content (AvgIpc) is 3.65. The van der Waals surface area contributed by atoms with Crippen molar-refractivity contribution in [2.75, 3.05) is 0 Å². The smallest absolute Gasteiger partial charge is 0.269 e. The third kappa shape index (κ3) is 6.79. The van der Waals surface area contributed by atoms with Gasteiger partial charge in [-0.25, -0.2) is 44.7 Å². The van der Waals surface area contributed by atoms with E-state index in [1.807, 2.05) is 13.8 Å². The molecule has 4 heterocycles. The molecule has 3 N–H and O–H groups in total. The maximum Gasteiger partial charge on any atom is 0.269 e. The summed E-state index contributed by atoms with van der Waals surface area (Å²) in [5, 5.41) is 3.52. The summed E-state index contributed by atoms with van der Waals surface area (Å²) in [6.07, 6.45) is 5.80. The fourth-order valence-electron chi connectivity index (χ4n) is 4.17. The third-order valence-corrected chi connectivity index (χ3v) is 9.84. The number of nitrogens with zero attached hydrogens (tertiary/aromatic N) is 8. The Morgan fingerprint density at radius 3 is 1.58 bits per heavy atom. The van der Waals surface area contributed by atoms with Crippen molar-refractivity contribution in [3.8, 4) is 0 Å². The number of rotatable bonds is 7. The Bertz CT molecular complexity index is 2250. The molecule has 0 fully saturated rings. The lowest BCUT2D eigenvalue weighted by molar-refractivity contribution is 0.587. The molecule has 0 saturated carbocycles. The number of nitrogens with two attached hydrogens (primary N) is 1. The summed E-state index contributed by atoms with van der Waals surface area (Å²) >= 11 is 0. The van der Waals surface area contributed by atoms with Gasteiger partial charge >= 0.3 is 0 Å². The van der Waals surface area contributed by atoms with E-state index < -0.39 is 20.0 Å². The minimum absolute atomic E-state index is 0. The van der Waals surface area contributed by atoms with Crippen LogP contribution in [-0.4, -0.2) is 44.7 Å². The Hall–Kier alpha value is -4.86. The zero-order valence-electron chi connectivity index (χ0n) is 24.0. The molecule has 0 radical (unpaired) electrons. The molecule has 0 bridgehead atoms. The second-order valence-corrected chi connectivity index (χ2v) is 13.2. The van der Waals surface area contributed by atoms with Gasteiger partial charge in [-0.3, -0.25) is 0 Å². The molecular formula is C28H28ClN10O4S2+. The first-order valence-electron chi connectivity index (χ1n) is 13.1. The number of halogens is 1. The first-order chi connectivity index (χ1) is 21.0. The molecule has 0 spiro atoms. The monoisotopic (exact) mass is 667 g/mol. The van der Waals surface area contributed by atoms with Crippen molar-refractivity contribution >= 4 is 54.8 Å². The van der Waals surface area contributed by atoms with Crippen molar-refractivity contribution in [2.24, 2.45) is 10.8 Å². The Morgan fingerprint density at radius 1 is 0.733 bits per heavy atom. The number of aryl methyl sites for hydroxylation is 2. The van der Waals surface area contributed by atoms with Crippen molar-refractivity contribution in [3.05, 3.63) is 108 Å². The molecule has 232 valence electrons. The molecule has 0 aliphatic rings. The predicted octanol–water partition coefficient (Wildman–Crippen LogP) is 3.88. The standard InChI is InChI=1S/C14H13N6O2S.C14H14N4O2S.ClH/c1-10-2-4-12(5-3-10)23(21,22)20-7-6-13-14(20)16-8-11(18-13)9-17-19-15;1-10-2-4-12(5-3-10)21(19,20)18-7-6-13-14(18)16-9-11(8-15)17-13;/h2-8,15H,9H2,1H3;2-7,9H,8,15H2,1H3;1H/q+1;;. The lowest BCUT2D eigenvalue weighted by Gasteiger charge is -2.07. The fourth-order valence-corrected chi connectivity index (χ4v) is 6.76. The number of hydrogen-bond acceptors (Lipinski definition) is 11. The van der Waals surface area contributed by atoms with E-state index in [2.05, 4.69) is 30.0 Å². The van der Waals surface area contributed by atoms with Crippen LogP contribution in [0.3, 0.4) is 0 Å². The molecule has 0 aliphatic carbocycles. The minimum Gasteiger partial charge on any atom is -0.325 e. The number of aromatic nitrogens is 6. The third-order valence-electron chi connectivity index (χ3n) is 6.48. The van der Waals surface area contributed by atoms with Gasteiger partial charge in [-0.05, 0) is 50.2 Å². The highest BCUT2D eigenvalue weighted by Crippen LogP contribution is 2.21. The van der Waals surface area contributed by atoms with Crippen LogP contribution in [0.4, 0.5) is 0 Å². The highest BCUT2D eigenvalue weighted by molar-refractivity contribution is 7.90. The van der Waals surface area contributed by atoms with E-state index in [1.165, 1.54) is 24.8 Å². The molecule has 6 aromatic rings. The van der Waals surface area contributed by atoms with Gasteiger partial charge in [-0.15, -0.1) is 12.4 Å². The minimum atomic E-state index is -3.73. The number of hydrogen-bond donors (Lipinski definition) is 2. The molecule has 45 heavy (non-hydrogen) atoms. The SMILES string of the molecule is Cc1ccc(S(=O)(=O)n2ccc3nc(CN)cnc32)cc1.Cc1ccc(S(=O)(=O)n2ccc3nc(CN=[N+]=N)cnc32)cc1.Cl. The molecular weight excluding hydrogens is 640 g/mol. The Balaban J connectivity index is 0.000000201. The van der Waals surface area contributed by atoms with Gasteiger partial charge in [-0.1, -0.05) is 35.4 Å². The van der Waals surface area contributed by atoms with Crippen LogP contribution >= 0.6 is 12.4 Å². The zero-order valence-corrected chi connectivity index (χ0v) is 26.5. The molecule has 0 saturated heterocycles. The quantitative estimate of drug-likeness (QED) is 0.187. The van der Waals surface area contributed by atoms with E-state index in [9.17, 15) is 16.8 Å². The van der Waals surface area contributed by atoms with E-state index in [1.54, 1.807) is 60.7 Å². The lowest BCUT2D eigenvalue weighted by Crippen LogP contribution is -2.12. The molecule has 14 nitrogen and oxygen atoms in total. The molecule has 17 heteroatoms. The number of fused-ring (bicyclic) bond motifs is 2. The van der Waals surface area contributed by atoms with Crippen molar-refractivity contribution in [2.45, 2.75) is 36.7 Å². The normalized spacial score (nSPS) is 11.4. The second kappa shape index (κ2) is 13.4. The van der Waals surface area contributed by atoms with Crippen molar-refractivity contribution in [1.29, 1.82) is 5.53 Å². The van der Waals surface area contributed by atoms with Crippen molar-refractivity contribution in [1.82, 2.24) is 32.8 Å². The van der Waals surface area contributed by atoms with Crippen LogP contribution in [0.2, 0.25) is 0 Å². The van der Waals surface area contributed by atoms with Crippen molar-refractivity contribution < 1.29 is 16.8 Å². The number of nitrogens with one attached hydrogen (secondary N) is 1. The summed E-state index contributed by atoms with van der Waals surface area (Å²) in [7, 11) is -7.40. The average molecular weight is 668 g/mol. The molecule has 0 amide bonds. The molecule has 6 rings (SSSR count). The van der Waals surface area contributed by atoms with Crippen LogP contribution < -0.4 is 10.6 Å². The van der Waals surface area contributed by atoms with E-state index in [0.29, 0.717) is 28.1 Å². The van der Waals surface area contributed by atoms with Gasteiger partial charge in [-0.2, -0.15) is 0 Å². The Labute approximate surface area is 264 Å². The Morgan fingerprint density at radius 2 is 1.16 bits per heavy atom. The highest BCUT2D eigenvalue weighted by Gasteiger charge is 2.21. The maximum atomic E-state index is 12.7. The maximum absolute atomic E-state index is 12.7. The molecule has 0 aliphatic heterocycles. The summed E-state index contributed by atoms with van der Waals surface area (Å²) in [6, 6.07) is 16.5. The highest BCUT2D eigenvalue weighted by atomic mass is 35.5. The summed E-state index contributed by atoms with van der Waals surface area (Å²) in [6.45, 7) is 4.19. The summed E-state index contributed by atoms with van der Waals surface area (Å²) in [5.41, 5.74) is 16.8. The van der Waals surface area contributed by atoms with Crippen LogP contribution in [0.15, 0.2) is 100 Å². The fraction of sp³-hybridized carbons (Fsp3) is 0.143. The van der Waals surface area contributed by atoms with Crippen LogP contribution in [0.5, 0.6) is 0 Å². The zero-order chi connectivity index (χ0) is 31.5. The van der Waals surface area contributed by atoms with Crippen LogP contribution in [0, 0.1) is 19.4 Å². The van der Waals surface area contributed by atoms with E-state index in [0.717, 1.165) is 19.1 Å². The van der Waals surface area contributed by atoms with Gasteiger partial charge in [0, 0.05) is 18.9 Å². The predicted molar refractivity (Wildman–Crippen MR) is 169 cm³/mol. The lowest BCUT2D eigenvalue weighted by atomic mass is 10.2. The summed E-state index contributed by atoms with van der Waals surface area (Å²) in [5.74, 6) is 0. The van der Waals surface area contributed by atoms with Gasteiger partial charge in [0.25, 0.3) is 20.0 Å². The van der Waals surface area contributed by atoms with Gasteiger partial charge in [0.15, 0.2) is 17.8 Å². The second-order valence-electron chi connectivity index (χ2n) is 9.60.